The summed E-state index contributed by atoms with van der Waals surface area (Å²) in [7, 11) is -3.67. The molecule has 166 valence electrons. The first kappa shape index (κ1) is 24.5. The third-order valence-corrected chi connectivity index (χ3v) is 5.51. The molecule has 3 rings (SSSR count). The molecule has 0 atom stereocenters. The maximum atomic E-state index is 12.0. The summed E-state index contributed by atoms with van der Waals surface area (Å²) in [5.41, 5.74) is 2.20. The third-order valence-electron chi connectivity index (χ3n) is 4.57. The Labute approximate surface area is 183 Å². The number of aryl methyl sites for hydroxylation is 1. The van der Waals surface area contributed by atoms with Gasteiger partial charge in [-0.05, 0) is 81.3 Å². The number of nitrogens with zero attached hydrogens (tertiary/aromatic N) is 1. The van der Waals surface area contributed by atoms with Gasteiger partial charge in [0.15, 0.2) is 0 Å². The number of rotatable bonds is 5. The van der Waals surface area contributed by atoms with Crippen LogP contribution in [0.15, 0.2) is 35.7 Å². The van der Waals surface area contributed by atoms with E-state index in [0.29, 0.717) is 12.0 Å². The van der Waals surface area contributed by atoms with E-state index in [4.69, 9.17) is 9.29 Å². The van der Waals surface area contributed by atoms with Crippen molar-refractivity contribution in [1.29, 1.82) is 0 Å². The minimum absolute atomic E-state index is 0.182. The van der Waals surface area contributed by atoms with Gasteiger partial charge in [-0.3, -0.25) is 14.2 Å². The van der Waals surface area contributed by atoms with Crippen molar-refractivity contribution in [3.05, 3.63) is 51.7 Å². The quantitative estimate of drug-likeness (QED) is 0.415. The van der Waals surface area contributed by atoms with Gasteiger partial charge < -0.3 is 4.74 Å². The van der Waals surface area contributed by atoms with Crippen molar-refractivity contribution in [3.8, 4) is 5.75 Å². The van der Waals surface area contributed by atoms with Crippen LogP contribution in [0.25, 0.3) is 0 Å². The Morgan fingerprint density at radius 3 is 2.53 bits per heavy atom. The fraction of sp³-hybridized carbons (Fsp3) is 0.500. The molecular formula is C22H31NO5S2. The Morgan fingerprint density at radius 1 is 1.23 bits per heavy atom. The van der Waals surface area contributed by atoms with E-state index >= 15 is 0 Å². The van der Waals surface area contributed by atoms with Crippen molar-refractivity contribution in [2.24, 2.45) is 5.41 Å². The van der Waals surface area contributed by atoms with Gasteiger partial charge in [-0.25, -0.2) is 0 Å². The fourth-order valence-electron chi connectivity index (χ4n) is 3.03. The maximum Gasteiger partial charge on any atom is 0.316 e. The van der Waals surface area contributed by atoms with E-state index in [1.807, 2.05) is 44.2 Å². The second-order valence-corrected chi connectivity index (χ2v) is 11.0. The zero-order chi connectivity index (χ0) is 22.4. The van der Waals surface area contributed by atoms with Gasteiger partial charge in [-0.1, -0.05) is 12.1 Å². The number of ether oxygens (including phenoxy) is 1. The van der Waals surface area contributed by atoms with E-state index < -0.39 is 15.5 Å². The van der Waals surface area contributed by atoms with Gasteiger partial charge in [0.05, 0.1) is 11.7 Å². The van der Waals surface area contributed by atoms with Gasteiger partial charge in [0, 0.05) is 18.0 Å². The molecular weight excluding hydrogens is 422 g/mol. The average Bonchev–Trinajstić information content (AvgIpc) is 3.13. The number of carbonyl (C=O) groups is 1. The van der Waals surface area contributed by atoms with E-state index in [-0.39, 0.29) is 5.97 Å². The number of carbonyl (C=O) groups excluding carboxylic acids is 1. The SMILES string of the molecule is CC(C)(C)C(=O)Oc1ccc2c(c1)CCN(CCCc1cccs1)C2.CS(=O)(=O)O. The second kappa shape index (κ2) is 10.5. The number of fused-ring (bicyclic) bond motifs is 1. The van der Waals surface area contributed by atoms with Crippen LogP contribution < -0.4 is 4.74 Å². The Bertz CT molecular complexity index is 923. The molecule has 0 unspecified atom stereocenters. The molecule has 1 aromatic carbocycles. The van der Waals surface area contributed by atoms with Gasteiger partial charge in [0.25, 0.3) is 10.1 Å². The molecule has 0 amide bonds. The summed E-state index contributed by atoms with van der Waals surface area (Å²) < 4.78 is 31.4. The van der Waals surface area contributed by atoms with Gasteiger partial charge in [-0.15, -0.1) is 11.3 Å². The monoisotopic (exact) mass is 453 g/mol. The Kier molecular flexibility index (Phi) is 8.61. The molecule has 0 spiro atoms. The van der Waals surface area contributed by atoms with Crippen LogP contribution in [0.3, 0.4) is 0 Å². The maximum absolute atomic E-state index is 12.0. The van der Waals surface area contributed by atoms with Gasteiger partial charge in [0.1, 0.15) is 5.75 Å². The first-order chi connectivity index (χ1) is 13.9. The molecule has 30 heavy (non-hydrogen) atoms. The van der Waals surface area contributed by atoms with Crippen LogP contribution in [0.5, 0.6) is 5.75 Å². The number of hydrogen-bond donors (Lipinski definition) is 1. The smallest absolute Gasteiger partial charge is 0.316 e. The summed E-state index contributed by atoms with van der Waals surface area (Å²) in [6, 6.07) is 10.4. The van der Waals surface area contributed by atoms with Crippen molar-refractivity contribution in [3.63, 3.8) is 0 Å². The van der Waals surface area contributed by atoms with Gasteiger partial charge in [0.2, 0.25) is 0 Å². The normalized spacial score (nSPS) is 14.4. The molecule has 0 saturated heterocycles. The minimum Gasteiger partial charge on any atom is -0.426 e. The summed E-state index contributed by atoms with van der Waals surface area (Å²) in [5.74, 6) is 0.489. The molecule has 0 fully saturated rings. The lowest BCUT2D eigenvalue weighted by Crippen LogP contribution is -2.31. The molecule has 0 bridgehead atoms. The zero-order valence-corrected chi connectivity index (χ0v) is 19.7. The van der Waals surface area contributed by atoms with Gasteiger partial charge in [-0.2, -0.15) is 8.42 Å². The second-order valence-electron chi connectivity index (χ2n) is 8.51. The van der Waals surface area contributed by atoms with Gasteiger partial charge >= 0.3 is 5.97 Å². The van der Waals surface area contributed by atoms with E-state index in [2.05, 4.69) is 28.5 Å². The highest BCUT2D eigenvalue weighted by molar-refractivity contribution is 7.85. The van der Waals surface area contributed by atoms with Crippen molar-refractivity contribution in [1.82, 2.24) is 4.90 Å². The molecule has 0 aliphatic carbocycles. The topological polar surface area (TPSA) is 83.9 Å². The van der Waals surface area contributed by atoms with E-state index in [0.717, 1.165) is 26.1 Å². The van der Waals surface area contributed by atoms with Crippen LogP contribution >= 0.6 is 11.3 Å². The molecule has 2 aromatic rings. The zero-order valence-electron chi connectivity index (χ0n) is 18.1. The molecule has 6 nitrogen and oxygen atoms in total. The molecule has 0 radical (unpaired) electrons. The van der Waals surface area contributed by atoms with E-state index in [1.54, 1.807) is 0 Å². The predicted octanol–water partition coefficient (Wildman–Crippen LogP) is 4.19. The highest BCUT2D eigenvalue weighted by atomic mass is 32.2. The van der Waals surface area contributed by atoms with Crippen LogP contribution in [0.4, 0.5) is 0 Å². The number of hydrogen-bond acceptors (Lipinski definition) is 6. The van der Waals surface area contributed by atoms with Crippen LogP contribution in [0, 0.1) is 5.41 Å². The molecule has 1 aliphatic rings. The molecule has 2 heterocycles. The predicted molar refractivity (Wildman–Crippen MR) is 121 cm³/mol. The van der Waals surface area contributed by atoms with Crippen LogP contribution in [0.2, 0.25) is 0 Å². The molecule has 0 saturated carbocycles. The summed E-state index contributed by atoms with van der Waals surface area (Å²) in [6.07, 6.45) is 4.11. The highest BCUT2D eigenvalue weighted by Crippen LogP contribution is 2.26. The molecule has 1 aliphatic heterocycles. The largest absolute Gasteiger partial charge is 0.426 e. The number of thiophene rings is 1. The van der Waals surface area contributed by atoms with Crippen LogP contribution in [-0.4, -0.2) is 43.2 Å². The lowest BCUT2D eigenvalue weighted by molar-refractivity contribution is -0.143. The van der Waals surface area contributed by atoms with Crippen LogP contribution in [0.1, 0.15) is 43.2 Å². The van der Waals surface area contributed by atoms with Crippen LogP contribution in [-0.2, 0) is 34.3 Å². The number of esters is 1. The average molecular weight is 454 g/mol. The van der Waals surface area contributed by atoms with Crippen molar-refractivity contribution < 1.29 is 22.5 Å². The Balaban J connectivity index is 0.000000575. The summed E-state index contributed by atoms with van der Waals surface area (Å²) in [4.78, 5) is 16.0. The molecule has 1 aromatic heterocycles. The summed E-state index contributed by atoms with van der Waals surface area (Å²) >= 11 is 1.85. The molecule has 8 heteroatoms. The standard InChI is InChI=1S/C21H27NO2S.CH4O3S/c1-21(2,3)20(23)24-18-9-8-17-15-22(12-10-16(17)14-18)11-4-6-19-7-5-13-25-19;1-5(2,3)4/h5,7-9,13-14H,4,6,10-12,15H2,1-3H3;1H3,(H,2,3,4). The van der Waals surface area contributed by atoms with E-state index in [1.165, 1.54) is 28.8 Å². The molecule has 1 N–H and O–H groups in total. The highest BCUT2D eigenvalue weighted by Gasteiger charge is 2.24. The Hall–Kier alpha value is -1.74. The van der Waals surface area contributed by atoms with Crippen molar-refractivity contribution >= 4 is 27.4 Å². The van der Waals surface area contributed by atoms with E-state index in [9.17, 15) is 13.2 Å². The number of benzene rings is 1. The van der Waals surface area contributed by atoms with Crippen molar-refractivity contribution in [2.45, 2.75) is 46.6 Å². The lowest BCUT2D eigenvalue weighted by atomic mass is 9.97. The fourth-order valence-corrected chi connectivity index (χ4v) is 3.79. The first-order valence-corrected chi connectivity index (χ1v) is 12.7. The summed E-state index contributed by atoms with van der Waals surface area (Å²) in [6.45, 7) is 8.84. The third kappa shape index (κ3) is 8.95. The lowest BCUT2D eigenvalue weighted by Gasteiger charge is -2.29. The summed E-state index contributed by atoms with van der Waals surface area (Å²) in [5, 5.41) is 2.15. The van der Waals surface area contributed by atoms with Crippen molar-refractivity contribution in [2.75, 3.05) is 19.3 Å². The Morgan fingerprint density at radius 2 is 1.93 bits per heavy atom. The minimum atomic E-state index is -3.67. The first-order valence-electron chi connectivity index (χ1n) is 9.93.